The van der Waals surface area contributed by atoms with Gasteiger partial charge in [0.25, 0.3) is 0 Å². The molecule has 0 fully saturated rings. The van der Waals surface area contributed by atoms with Crippen molar-refractivity contribution < 1.29 is 55.2 Å². The van der Waals surface area contributed by atoms with Gasteiger partial charge in [0.1, 0.15) is 24.2 Å². The van der Waals surface area contributed by atoms with Crippen molar-refractivity contribution in [2.75, 3.05) is 102 Å². The first-order valence-electron chi connectivity index (χ1n) is 13.8. The predicted molar refractivity (Wildman–Crippen MR) is 198 cm³/mol. The van der Waals surface area contributed by atoms with Crippen LogP contribution in [0.15, 0.2) is 48.5 Å². The summed E-state index contributed by atoms with van der Waals surface area (Å²) >= 11 is 12.6. The highest BCUT2D eigenvalue weighted by molar-refractivity contribution is 9.09. The van der Waals surface area contributed by atoms with Crippen LogP contribution in [-0.2, 0) is 72.0 Å². The van der Waals surface area contributed by atoms with Gasteiger partial charge >= 0.3 is 11.9 Å². The van der Waals surface area contributed by atoms with Crippen molar-refractivity contribution in [2.45, 2.75) is 7.43 Å². The lowest BCUT2D eigenvalue weighted by atomic mass is 10.2. The molecule has 2 aromatic carbocycles. The molecule has 0 aromatic heterocycles. The van der Waals surface area contributed by atoms with E-state index in [9.17, 15) is 18.0 Å². The third-order valence-corrected chi connectivity index (χ3v) is 9.68. The van der Waals surface area contributed by atoms with Crippen LogP contribution in [0.2, 0.25) is 0 Å². The first kappa shape index (κ1) is 48.1. The second kappa shape index (κ2) is 28.8. The van der Waals surface area contributed by atoms with Crippen LogP contribution >= 0.6 is 15.9 Å². The second-order valence-corrected chi connectivity index (χ2v) is 16.2. The number of hydrogen-bond acceptors (Lipinski definition) is 15. The maximum absolute atomic E-state index is 11.7. The Balaban J connectivity index is 0. The Hall–Kier alpha value is -2.04. The number of anilines is 2. The number of alkyl halides is 1. The van der Waals surface area contributed by atoms with Gasteiger partial charge in [-0.25, -0.2) is 18.0 Å². The molecule has 48 heavy (non-hydrogen) atoms. The smallest absolute Gasteiger partial charge is 0.338 e. The van der Waals surface area contributed by atoms with Gasteiger partial charge in [0.2, 0.25) is 0 Å². The van der Waals surface area contributed by atoms with E-state index in [4.69, 9.17) is 51.4 Å². The normalized spacial score (nSPS) is 12.8. The zero-order valence-corrected chi connectivity index (χ0v) is 31.1. The number of aromatic carboxylic acids is 1. The van der Waals surface area contributed by atoms with Crippen molar-refractivity contribution in [3.63, 3.8) is 0 Å². The maximum atomic E-state index is 11.7. The molecular formula is C29H47BrN2O12S4. The first-order chi connectivity index (χ1) is 22.3. The molecule has 0 aliphatic rings. The van der Waals surface area contributed by atoms with Crippen LogP contribution in [0, 0.1) is 0 Å². The van der Waals surface area contributed by atoms with Gasteiger partial charge in [-0.05, 0) is 48.5 Å². The summed E-state index contributed by atoms with van der Waals surface area (Å²) in [7, 11) is -2.56. The average Bonchev–Trinajstić information content (AvgIpc) is 3.04. The van der Waals surface area contributed by atoms with E-state index in [1.54, 1.807) is 36.4 Å². The molecule has 0 bridgehead atoms. The Morgan fingerprint density at radius 3 is 1.40 bits per heavy atom. The van der Waals surface area contributed by atoms with E-state index >= 15 is 0 Å². The molecule has 19 heteroatoms. The van der Waals surface area contributed by atoms with Crippen LogP contribution in [0.5, 0.6) is 0 Å². The van der Waals surface area contributed by atoms with Crippen molar-refractivity contribution in [2.24, 2.45) is 0 Å². The quantitative estimate of drug-likeness (QED) is 0.0716. The van der Waals surface area contributed by atoms with Crippen LogP contribution in [-0.4, -0.2) is 116 Å². The van der Waals surface area contributed by atoms with Gasteiger partial charge < -0.3 is 40.3 Å². The van der Waals surface area contributed by atoms with Gasteiger partial charge in [-0.1, -0.05) is 23.4 Å². The van der Waals surface area contributed by atoms with E-state index in [0.717, 1.165) is 5.33 Å². The Bertz CT molecular complexity index is 1350. The van der Waals surface area contributed by atoms with E-state index in [1.807, 2.05) is 0 Å². The second-order valence-electron chi connectivity index (χ2n) is 8.68. The van der Waals surface area contributed by atoms with Gasteiger partial charge in [0, 0.05) is 39.1 Å². The molecule has 0 spiro atoms. The molecule has 14 nitrogen and oxygen atoms in total. The topological polar surface area (TPSA) is 205 Å². The average molecular weight is 824 g/mol. The van der Waals surface area contributed by atoms with Crippen molar-refractivity contribution in [3.05, 3.63) is 59.7 Å². The van der Waals surface area contributed by atoms with Crippen molar-refractivity contribution in [3.8, 4) is 0 Å². The molecule has 0 amide bonds. The van der Waals surface area contributed by atoms with Gasteiger partial charge in [-0.2, -0.15) is 0 Å². The molecule has 0 aliphatic carbocycles. The Kier molecular flexibility index (Phi) is 28.8. The fraction of sp³-hybridized carbons (Fsp3) is 0.517. The molecule has 5 N–H and O–H groups in total. The van der Waals surface area contributed by atoms with Gasteiger partial charge in [0.05, 0.1) is 89.7 Å². The molecule has 276 valence electrons. The summed E-state index contributed by atoms with van der Waals surface area (Å²) in [5, 5.41) is 9.25. The summed E-state index contributed by atoms with van der Waals surface area (Å²) in [6, 6.07) is 12.5. The number of hydrogen-bond donors (Lipinski definition) is 3. The zero-order valence-electron chi connectivity index (χ0n) is 26.2. The van der Waals surface area contributed by atoms with Crippen LogP contribution in [0.25, 0.3) is 0 Å². The van der Waals surface area contributed by atoms with Crippen molar-refractivity contribution in [1.82, 2.24) is 0 Å². The van der Waals surface area contributed by atoms with Crippen LogP contribution in [0.1, 0.15) is 28.1 Å². The highest BCUT2D eigenvalue weighted by atomic mass is 79.9. The van der Waals surface area contributed by atoms with E-state index in [-0.39, 0.29) is 44.3 Å². The van der Waals surface area contributed by atoms with E-state index in [2.05, 4.69) is 35.5 Å². The minimum atomic E-state index is -2.66. The molecule has 2 rings (SSSR count). The molecule has 0 heterocycles. The molecule has 0 saturated heterocycles. The summed E-state index contributed by atoms with van der Waals surface area (Å²) in [6.45, 7) is 3.36. The van der Waals surface area contributed by atoms with E-state index in [0.29, 0.717) is 56.6 Å². The predicted octanol–water partition coefficient (Wildman–Crippen LogP) is 3.09. The number of benzene rings is 2. The summed E-state index contributed by atoms with van der Waals surface area (Å²) in [4.78, 5) is 21.9. The highest BCUT2D eigenvalue weighted by Crippen LogP contribution is 2.07. The fourth-order valence-corrected chi connectivity index (χ4v) is 4.32. The minimum absolute atomic E-state index is 0. The van der Waals surface area contributed by atoms with Crippen molar-refractivity contribution in [1.29, 1.82) is 0 Å². The van der Waals surface area contributed by atoms with Crippen LogP contribution < -0.4 is 11.5 Å². The Morgan fingerprint density at radius 1 is 0.667 bits per heavy atom. The fourth-order valence-electron chi connectivity index (χ4n) is 2.71. The number of rotatable bonds is 21. The first-order valence-corrected chi connectivity index (χ1v) is 20.1. The number of carboxylic acids is 1. The number of nitrogen functional groups attached to an aromatic ring is 2. The van der Waals surface area contributed by atoms with Crippen LogP contribution in [0.4, 0.5) is 11.4 Å². The van der Waals surface area contributed by atoms with Gasteiger partial charge in [0.15, 0.2) is 0 Å². The lowest BCUT2D eigenvalue weighted by Gasteiger charge is -2.08. The summed E-state index contributed by atoms with van der Waals surface area (Å²) < 4.78 is 57.6. The molecule has 2 unspecified atom stereocenters. The number of nitrogens with two attached hydrogens (primary N) is 2. The monoisotopic (exact) mass is 822 g/mol. The number of ether oxygens (including phenoxy) is 5. The number of carboxylic acid groups (broad SMARTS) is 1. The number of carbonyl (C=O) groups is 2. The molecule has 0 radical (unpaired) electrons. The third kappa shape index (κ3) is 26.9. The largest absolute Gasteiger partial charge is 0.478 e. The lowest BCUT2D eigenvalue weighted by Crippen LogP contribution is -2.16. The summed E-state index contributed by atoms with van der Waals surface area (Å²) in [6.07, 6.45) is 0. The number of carbonyl (C=O) groups excluding carboxylic acids is 1. The maximum Gasteiger partial charge on any atom is 0.338 e. The zero-order chi connectivity index (χ0) is 35.6. The van der Waals surface area contributed by atoms with E-state index in [1.165, 1.54) is 26.4 Å². The number of esters is 1. The molecule has 2 atom stereocenters. The molecule has 0 saturated carbocycles. The van der Waals surface area contributed by atoms with Gasteiger partial charge in [-0.3, -0.25) is 8.37 Å². The SMILES string of the molecule is C.COS(=O)(=S)CCOCCOCCBr.COS(=O)(=S)CCOCCOCCOC(=O)c1ccc(N)cc1.Nc1ccc(C(=O)O)cc1. The summed E-state index contributed by atoms with van der Waals surface area (Å²) in [5.41, 5.74) is 12.7. The Morgan fingerprint density at radius 2 is 1.02 bits per heavy atom. The standard InChI is InChI=1S/C14H21NO6S2.C7H15BrO4S2.C7H7NO2.CH4/c1-18-23(17,22)11-10-20-7-6-19-8-9-21-14(16)12-2-4-13(15)5-3-12;1-10-14(9,13)7-6-12-5-4-11-3-2-8;8-6-3-1-5(2-4-6)7(9)10;/h2-5H,6-11,15H2,1H3;2-7H2,1H3;1-4H,8H2,(H,9,10);1H4. The summed E-state index contributed by atoms with van der Waals surface area (Å²) in [5.74, 6) is -0.945. The molecule has 2 aromatic rings. The Labute approximate surface area is 301 Å². The number of halogens is 1. The third-order valence-electron chi connectivity index (χ3n) is 5.19. The molecular weight excluding hydrogens is 776 g/mol. The highest BCUT2D eigenvalue weighted by Gasteiger charge is 2.07. The van der Waals surface area contributed by atoms with E-state index < -0.39 is 29.5 Å². The minimum Gasteiger partial charge on any atom is -0.478 e. The van der Waals surface area contributed by atoms with Crippen LogP contribution in [0.3, 0.4) is 0 Å². The lowest BCUT2D eigenvalue weighted by molar-refractivity contribution is 0.0165. The molecule has 0 aliphatic heterocycles. The van der Waals surface area contributed by atoms with Gasteiger partial charge in [-0.15, -0.1) is 0 Å². The van der Waals surface area contributed by atoms with Crippen molar-refractivity contribution >= 4 is 79.2 Å².